The van der Waals surface area contributed by atoms with Crippen LogP contribution in [0, 0.1) is 6.92 Å². The SMILES string of the molecule is COc1ccc(-c2c(C)sc3ncnc(N4CCCNCC4)c23)cc1. The summed E-state index contributed by atoms with van der Waals surface area (Å²) >= 11 is 1.74. The van der Waals surface area contributed by atoms with Crippen LogP contribution in [0.2, 0.25) is 0 Å². The third-order valence-corrected chi connectivity index (χ3v) is 5.68. The lowest BCUT2D eigenvalue weighted by Crippen LogP contribution is -2.28. The summed E-state index contributed by atoms with van der Waals surface area (Å²) in [5, 5.41) is 4.64. The topological polar surface area (TPSA) is 50.3 Å². The van der Waals surface area contributed by atoms with Crippen LogP contribution < -0.4 is 15.0 Å². The molecule has 4 rings (SSSR count). The molecule has 2 aromatic heterocycles. The molecule has 1 aliphatic rings. The van der Waals surface area contributed by atoms with Gasteiger partial charge in [0.05, 0.1) is 12.5 Å². The van der Waals surface area contributed by atoms with E-state index in [1.165, 1.54) is 21.4 Å². The number of anilines is 1. The van der Waals surface area contributed by atoms with Crippen LogP contribution in [0.25, 0.3) is 21.3 Å². The molecule has 6 heteroatoms. The van der Waals surface area contributed by atoms with E-state index in [9.17, 15) is 0 Å². The molecule has 0 aliphatic carbocycles. The fourth-order valence-electron chi connectivity index (χ4n) is 3.43. The Morgan fingerprint density at radius 1 is 1.12 bits per heavy atom. The number of hydrogen-bond acceptors (Lipinski definition) is 6. The molecule has 0 spiro atoms. The van der Waals surface area contributed by atoms with Crippen molar-refractivity contribution in [3.63, 3.8) is 0 Å². The van der Waals surface area contributed by atoms with E-state index < -0.39 is 0 Å². The molecule has 1 aromatic carbocycles. The zero-order valence-corrected chi connectivity index (χ0v) is 15.4. The first-order valence-corrected chi connectivity index (χ1v) is 9.44. The van der Waals surface area contributed by atoms with Gasteiger partial charge in [-0.05, 0) is 37.6 Å². The number of benzene rings is 1. The lowest BCUT2D eigenvalue weighted by Gasteiger charge is -2.22. The highest BCUT2D eigenvalue weighted by Gasteiger charge is 2.21. The van der Waals surface area contributed by atoms with Gasteiger partial charge < -0.3 is 15.0 Å². The first-order chi connectivity index (χ1) is 12.3. The van der Waals surface area contributed by atoms with E-state index in [4.69, 9.17) is 4.74 Å². The van der Waals surface area contributed by atoms with Crippen molar-refractivity contribution in [3.05, 3.63) is 35.5 Å². The maximum Gasteiger partial charge on any atom is 0.141 e. The van der Waals surface area contributed by atoms with E-state index in [2.05, 4.69) is 39.2 Å². The van der Waals surface area contributed by atoms with Crippen molar-refractivity contribution in [1.29, 1.82) is 0 Å². The summed E-state index contributed by atoms with van der Waals surface area (Å²) in [7, 11) is 1.69. The zero-order chi connectivity index (χ0) is 17.2. The second kappa shape index (κ2) is 6.98. The summed E-state index contributed by atoms with van der Waals surface area (Å²) in [5.41, 5.74) is 2.43. The van der Waals surface area contributed by atoms with Crippen molar-refractivity contribution in [2.45, 2.75) is 13.3 Å². The van der Waals surface area contributed by atoms with Gasteiger partial charge in [0.1, 0.15) is 22.7 Å². The Bertz CT molecular complexity index is 867. The molecular formula is C19H22N4OS. The maximum absolute atomic E-state index is 5.30. The van der Waals surface area contributed by atoms with Gasteiger partial charge >= 0.3 is 0 Å². The first kappa shape index (κ1) is 16.3. The number of thiophene rings is 1. The van der Waals surface area contributed by atoms with Crippen molar-refractivity contribution >= 4 is 27.4 Å². The summed E-state index contributed by atoms with van der Waals surface area (Å²) < 4.78 is 5.30. The second-order valence-corrected chi connectivity index (χ2v) is 7.43. The van der Waals surface area contributed by atoms with Crippen LogP contribution >= 0.6 is 11.3 Å². The Morgan fingerprint density at radius 3 is 2.76 bits per heavy atom. The normalized spacial score (nSPS) is 15.4. The summed E-state index contributed by atoms with van der Waals surface area (Å²) in [6.07, 6.45) is 2.83. The van der Waals surface area contributed by atoms with Gasteiger partial charge in [-0.25, -0.2) is 9.97 Å². The van der Waals surface area contributed by atoms with Crippen molar-refractivity contribution in [2.75, 3.05) is 38.2 Å². The fraction of sp³-hybridized carbons (Fsp3) is 0.368. The van der Waals surface area contributed by atoms with E-state index in [0.29, 0.717) is 0 Å². The Balaban J connectivity index is 1.87. The Labute approximate surface area is 151 Å². The quantitative estimate of drug-likeness (QED) is 0.780. The number of ether oxygens (including phenoxy) is 1. The molecule has 5 nitrogen and oxygen atoms in total. The number of rotatable bonds is 3. The molecule has 130 valence electrons. The molecule has 25 heavy (non-hydrogen) atoms. The van der Waals surface area contributed by atoms with Crippen LogP contribution in [-0.2, 0) is 0 Å². The molecule has 0 bridgehead atoms. The van der Waals surface area contributed by atoms with E-state index >= 15 is 0 Å². The van der Waals surface area contributed by atoms with Gasteiger partial charge in [-0.15, -0.1) is 11.3 Å². The Kier molecular flexibility index (Phi) is 4.55. The van der Waals surface area contributed by atoms with Gasteiger partial charge in [0.15, 0.2) is 0 Å². The summed E-state index contributed by atoms with van der Waals surface area (Å²) in [6, 6.07) is 8.26. The average molecular weight is 354 g/mol. The molecule has 0 saturated carbocycles. The largest absolute Gasteiger partial charge is 0.497 e. The van der Waals surface area contributed by atoms with Gasteiger partial charge in [0, 0.05) is 30.1 Å². The number of hydrogen-bond donors (Lipinski definition) is 1. The number of fused-ring (bicyclic) bond motifs is 1. The lowest BCUT2D eigenvalue weighted by atomic mass is 10.0. The van der Waals surface area contributed by atoms with Crippen molar-refractivity contribution in [2.24, 2.45) is 0 Å². The van der Waals surface area contributed by atoms with E-state index in [1.54, 1.807) is 24.8 Å². The molecule has 0 atom stereocenters. The monoisotopic (exact) mass is 354 g/mol. The number of methoxy groups -OCH3 is 1. The van der Waals surface area contributed by atoms with Crippen LogP contribution in [0.1, 0.15) is 11.3 Å². The van der Waals surface area contributed by atoms with Crippen LogP contribution in [0.3, 0.4) is 0 Å². The van der Waals surface area contributed by atoms with Gasteiger partial charge in [0.2, 0.25) is 0 Å². The van der Waals surface area contributed by atoms with Gasteiger partial charge in [-0.3, -0.25) is 0 Å². The molecular weight excluding hydrogens is 332 g/mol. The van der Waals surface area contributed by atoms with Gasteiger partial charge in [0.25, 0.3) is 0 Å². The zero-order valence-electron chi connectivity index (χ0n) is 14.6. The minimum Gasteiger partial charge on any atom is -0.497 e. The highest BCUT2D eigenvalue weighted by atomic mass is 32.1. The molecule has 0 radical (unpaired) electrons. The highest BCUT2D eigenvalue weighted by Crippen LogP contribution is 2.41. The number of nitrogens with zero attached hydrogens (tertiary/aromatic N) is 3. The van der Waals surface area contributed by atoms with Crippen LogP contribution in [-0.4, -0.2) is 43.3 Å². The smallest absolute Gasteiger partial charge is 0.141 e. The minimum atomic E-state index is 0.871. The molecule has 3 aromatic rings. The van der Waals surface area contributed by atoms with Gasteiger partial charge in [-0.1, -0.05) is 12.1 Å². The predicted octanol–water partition coefficient (Wildman–Crippen LogP) is 3.48. The van der Waals surface area contributed by atoms with Crippen molar-refractivity contribution in [1.82, 2.24) is 15.3 Å². The Morgan fingerprint density at radius 2 is 1.96 bits per heavy atom. The molecule has 1 saturated heterocycles. The molecule has 0 unspecified atom stereocenters. The van der Waals surface area contributed by atoms with Crippen LogP contribution in [0.15, 0.2) is 30.6 Å². The molecule has 1 N–H and O–H groups in total. The third-order valence-electron chi connectivity index (χ3n) is 4.66. The second-order valence-electron chi connectivity index (χ2n) is 6.23. The van der Waals surface area contributed by atoms with Crippen LogP contribution in [0.5, 0.6) is 5.75 Å². The lowest BCUT2D eigenvalue weighted by molar-refractivity contribution is 0.415. The Hall–Kier alpha value is -2.18. The summed E-state index contributed by atoms with van der Waals surface area (Å²) in [6.45, 7) is 6.23. The average Bonchev–Trinajstić information content (AvgIpc) is 2.82. The molecule has 1 aliphatic heterocycles. The van der Waals surface area contributed by atoms with E-state index in [0.717, 1.165) is 49.0 Å². The number of aromatic nitrogens is 2. The van der Waals surface area contributed by atoms with Gasteiger partial charge in [-0.2, -0.15) is 0 Å². The number of aryl methyl sites for hydroxylation is 1. The number of nitrogens with one attached hydrogen (secondary N) is 1. The van der Waals surface area contributed by atoms with Crippen LogP contribution in [0.4, 0.5) is 5.82 Å². The van der Waals surface area contributed by atoms with Crippen molar-refractivity contribution < 1.29 is 4.74 Å². The standard InChI is InChI=1S/C19H22N4OS/c1-13-16(14-4-6-15(24-2)7-5-14)17-18(21-12-22-19(17)25-13)23-10-3-8-20-9-11-23/h4-7,12,20H,3,8-11H2,1-2H3. The highest BCUT2D eigenvalue weighted by molar-refractivity contribution is 7.19. The maximum atomic E-state index is 5.30. The van der Waals surface area contributed by atoms with Crippen molar-refractivity contribution in [3.8, 4) is 16.9 Å². The minimum absolute atomic E-state index is 0.871. The van der Waals surface area contributed by atoms with E-state index in [-0.39, 0.29) is 0 Å². The summed E-state index contributed by atoms with van der Waals surface area (Å²) in [4.78, 5) is 13.9. The predicted molar refractivity (Wildman–Crippen MR) is 104 cm³/mol. The van der Waals surface area contributed by atoms with E-state index in [1.807, 2.05) is 12.1 Å². The molecule has 3 heterocycles. The fourth-order valence-corrected chi connectivity index (χ4v) is 4.44. The summed E-state index contributed by atoms with van der Waals surface area (Å²) in [5.74, 6) is 1.93. The molecule has 1 fully saturated rings. The first-order valence-electron chi connectivity index (χ1n) is 8.62. The third kappa shape index (κ3) is 3.07. The molecule has 0 amide bonds.